The van der Waals surface area contributed by atoms with Gasteiger partial charge in [-0.25, -0.2) is 9.97 Å². The summed E-state index contributed by atoms with van der Waals surface area (Å²) in [5, 5.41) is 14.6. The van der Waals surface area contributed by atoms with Crippen LogP contribution in [-0.4, -0.2) is 14.9 Å². The summed E-state index contributed by atoms with van der Waals surface area (Å²) in [5.74, 6) is 1.29. The molecule has 0 aliphatic heterocycles. The van der Waals surface area contributed by atoms with Crippen LogP contribution in [-0.2, 0) is 0 Å². The molecule has 0 fully saturated rings. The van der Waals surface area contributed by atoms with E-state index in [1.807, 2.05) is 19.1 Å². The van der Waals surface area contributed by atoms with E-state index < -0.39 is 4.92 Å². The van der Waals surface area contributed by atoms with Gasteiger partial charge in [-0.15, -0.1) is 0 Å². The first kappa shape index (κ1) is 13.0. The number of nitro groups is 1. The number of non-ortho nitro benzene ring substituents is 1. The van der Waals surface area contributed by atoms with Gasteiger partial charge in [0.05, 0.1) is 15.8 Å². The number of aryl methyl sites for hydroxylation is 1. The lowest BCUT2D eigenvalue weighted by Crippen LogP contribution is -1.97. The van der Waals surface area contributed by atoms with Crippen molar-refractivity contribution in [3.05, 3.63) is 64.3 Å². The molecule has 1 aromatic carbocycles. The second-order valence-electron chi connectivity index (χ2n) is 4.64. The van der Waals surface area contributed by atoms with Crippen molar-refractivity contribution < 1.29 is 4.92 Å². The maximum Gasteiger partial charge on any atom is 0.278 e. The number of nitro benzene ring substituents is 1. The molecule has 3 aromatic rings. The van der Waals surface area contributed by atoms with Crippen molar-refractivity contribution in [1.82, 2.24) is 9.97 Å². The third-order valence-electron chi connectivity index (χ3n) is 3.08. The summed E-state index contributed by atoms with van der Waals surface area (Å²) in [5.41, 5.74) is 1.71. The van der Waals surface area contributed by atoms with Gasteiger partial charge in [-0.05, 0) is 42.8 Å². The number of hydrogen-bond donors (Lipinski definition) is 1. The van der Waals surface area contributed by atoms with E-state index in [1.54, 1.807) is 30.5 Å². The zero-order chi connectivity index (χ0) is 14.8. The molecule has 0 amide bonds. The van der Waals surface area contributed by atoms with Crippen molar-refractivity contribution in [1.29, 1.82) is 0 Å². The first-order chi connectivity index (χ1) is 10.1. The van der Waals surface area contributed by atoms with E-state index in [-0.39, 0.29) is 5.69 Å². The minimum absolute atomic E-state index is 0.0558. The van der Waals surface area contributed by atoms with Crippen molar-refractivity contribution in [3.8, 4) is 0 Å². The van der Waals surface area contributed by atoms with Gasteiger partial charge in [-0.1, -0.05) is 6.07 Å². The average Bonchev–Trinajstić information content (AvgIpc) is 2.46. The number of hydrogen-bond acceptors (Lipinski definition) is 5. The molecule has 6 nitrogen and oxygen atoms in total. The van der Waals surface area contributed by atoms with Crippen LogP contribution in [0.15, 0.2) is 48.7 Å². The minimum atomic E-state index is -0.404. The van der Waals surface area contributed by atoms with Gasteiger partial charge in [0.25, 0.3) is 5.69 Å². The molecule has 0 unspecified atom stereocenters. The molecule has 6 heteroatoms. The predicted octanol–water partition coefficient (Wildman–Crippen LogP) is 3.59. The van der Waals surface area contributed by atoms with Gasteiger partial charge in [0.15, 0.2) is 0 Å². The standard InChI is InChI=1S/C15H12N4O2/c1-10-7-8-16-15(9-10)18-14-6-5-11-12(17-14)3-2-4-13(11)19(20)21/h2-9H,1H3,(H,16,17,18). The summed E-state index contributed by atoms with van der Waals surface area (Å²) in [6, 6.07) is 12.1. The summed E-state index contributed by atoms with van der Waals surface area (Å²) in [6.07, 6.45) is 1.71. The van der Waals surface area contributed by atoms with Crippen molar-refractivity contribution in [2.24, 2.45) is 0 Å². The molecule has 2 heterocycles. The number of fused-ring (bicyclic) bond motifs is 1. The molecule has 1 N–H and O–H groups in total. The summed E-state index contributed by atoms with van der Waals surface area (Å²) >= 11 is 0. The summed E-state index contributed by atoms with van der Waals surface area (Å²) in [7, 11) is 0. The topological polar surface area (TPSA) is 81.0 Å². The highest BCUT2D eigenvalue weighted by molar-refractivity contribution is 5.89. The molecule has 0 radical (unpaired) electrons. The summed E-state index contributed by atoms with van der Waals surface area (Å²) < 4.78 is 0. The highest BCUT2D eigenvalue weighted by atomic mass is 16.6. The van der Waals surface area contributed by atoms with Crippen molar-refractivity contribution in [3.63, 3.8) is 0 Å². The van der Waals surface area contributed by atoms with Gasteiger partial charge >= 0.3 is 0 Å². The first-order valence-electron chi connectivity index (χ1n) is 6.37. The molecule has 0 bridgehead atoms. The van der Waals surface area contributed by atoms with Crippen LogP contribution in [0.2, 0.25) is 0 Å². The highest BCUT2D eigenvalue weighted by Gasteiger charge is 2.12. The summed E-state index contributed by atoms with van der Waals surface area (Å²) in [4.78, 5) is 19.2. The van der Waals surface area contributed by atoms with Crippen LogP contribution in [0.5, 0.6) is 0 Å². The molecule has 0 saturated heterocycles. The van der Waals surface area contributed by atoms with Gasteiger partial charge in [-0.2, -0.15) is 0 Å². The third kappa shape index (κ3) is 2.64. The molecular weight excluding hydrogens is 268 g/mol. The lowest BCUT2D eigenvalue weighted by Gasteiger charge is -2.06. The maximum atomic E-state index is 11.0. The first-order valence-corrected chi connectivity index (χ1v) is 6.37. The Labute approximate surface area is 120 Å². The Morgan fingerprint density at radius 2 is 2.00 bits per heavy atom. The number of pyridine rings is 2. The smallest absolute Gasteiger partial charge is 0.278 e. The van der Waals surface area contributed by atoms with Crippen LogP contribution in [0.1, 0.15) is 5.56 Å². The van der Waals surface area contributed by atoms with Crippen LogP contribution in [0, 0.1) is 17.0 Å². The third-order valence-corrected chi connectivity index (χ3v) is 3.08. The molecule has 0 atom stereocenters. The number of benzene rings is 1. The Bertz CT molecular complexity index is 833. The lowest BCUT2D eigenvalue weighted by molar-refractivity contribution is -0.383. The number of nitrogens with zero attached hydrogens (tertiary/aromatic N) is 3. The second kappa shape index (κ2) is 5.16. The highest BCUT2D eigenvalue weighted by Crippen LogP contribution is 2.26. The minimum Gasteiger partial charge on any atom is -0.325 e. The Balaban J connectivity index is 2.00. The molecule has 104 valence electrons. The Kier molecular flexibility index (Phi) is 3.19. The van der Waals surface area contributed by atoms with Crippen molar-refractivity contribution >= 4 is 28.2 Å². The molecule has 3 rings (SSSR count). The van der Waals surface area contributed by atoms with Gasteiger partial charge in [0.2, 0.25) is 0 Å². The fourth-order valence-corrected chi connectivity index (χ4v) is 2.10. The van der Waals surface area contributed by atoms with Gasteiger partial charge < -0.3 is 5.32 Å². The SMILES string of the molecule is Cc1ccnc(Nc2ccc3c([N+](=O)[O-])cccc3n2)c1. The van der Waals surface area contributed by atoms with Crippen LogP contribution >= 0.6 is 0 Å². The predicted molar refractivity (Wildman–Crippen MR) is 80.7 cm³/mol. The largest absolute Gasteiger partial charge is 0.325 e. The molecular formula is C15H12N4O2. The molecule has 0 spiro atoms. The van der Waals surface area contributed by atoms with E-state index in [9.17, 15) is 10.1 Å². The molecule has 0 aliphatic carbocycles. The Morgan fingerprint density at radius 3 is 2.76 bits per heavy atom. The van der Waals surface area contributed by atoms with Gasteiger partial charge in [0.1, 0.15) is 11.6 Å². The van der Waals surface area contributed by atoms with E-state index in [2.05, 4.69) is 15.3 Å². The van der Waals surface area contributed by atoms with Gasteiger partial charge in [0, 0.05) is 12.3 Å². The van der Waals surface area contributed by atoms with Crippen LogP contribution < -0.4 is 5.32 Å². The lowest BCUT2D eigenvalue weighted by atomic mass is 10.2. The second-order valence-corrected chi connectivity index (χ2v) is 4.64. The molecule has 21 heavy (non-hydrogen) atoms. The Hall–Kier alpha value is -3.02. The fraction of sp³-hybridized carbons (Fsp3) is 0.0667. The van der Waals surface area contributed by atoms with Crippen LogP contribution in [0.25, 0.3) is 10.9 Å². The molecule has 0 aliphatic rings. The van der Waals surface area contributed by atoms with Crippen molar-refractivity contribution in [2.45, 2.75) is 6.92 Å². The number of rotatable bonds is 3. The van der Waals surface area contributed by atoms with E-state index in [0.29, 0.717) is 22.5 Å². The number of nitrogens with one attached hydrogen (secondary N) is 1. The fourth-order valence-electron chi connectivity index (χ4n) is 2.10. The average molecular weight is 280 g/mol. The van der Waals surface area contributed by atoms with E-state index in [0.717, 1.165) is 5.56 Å². The quantitative estimate of drug-likeness (QED) is 0.585. The zero-order valence-corrected chi connectivity index (χ0v) is 11.3. The van der Waals surface area contributed by atoms with Crippen molar-refractivity contribution in [2.75, 3.05) is 5.32 Å². The van der Waals surface area contributed by atoms with Gasteiger partial charge in [-0.3, -0.25) is 10.1 Å². The maximum absolute atomic E-state index is 11.0. The van der Waals surface area contributed by atoms with Crippen LogP contribution in [0.3, 0.4) is 0 Å². The zero-order valence-electron chi connectivity index (χ0n) is 11.3. The molecule has 0 saturated carbocycles. The van der Waals surface area contributed by atoms with E-state index in [4.69, 9.17) is 0 Å². The number of anilines is 2. The summed E-state index contributed by atoms with van der Waals surface area (Å²) in [6.45, 7) is 1.98. The molecule has 2 aromatic heterocycles. The Morgan fingerprint density at radius 1 is 1.14 bits per heavy atom. The number of aromatic nitrogens is 2. The monoisotopic (exact) mass is 280 g/mol. The normalized spacial score (nSPS) is 10.5. The van der Waals surface area contributed by atoms with E-state index >= 15 is 0 Å². The van der Waals surface area contributed by atoms with E-state index in [1.165, 1.54) is 6.07 Å². The van der Waals surface area contributed by atoms with Crippen LogP contribution in [0.4, 0.5) is 17.3 Å².